The van der Waals surface area contributed by atoms with E-state index in [0.717, 1.165) is 12.1 Å². The Kier molecular flexibility index (Phi) is 4.30. The number of halogens is 2. The normalized spacial score (nSPS) is 10.3. The first kappa shape index (κ1) is 14.0. The van der Waals surface area contributed by atoms with Gasteiger partial charge in [-0.25, -0.2) is 8.78 Å². The molecule has 20 heavy (non-hydrogen) atoms. The van der Waals surface area contributed by atoms with Gasteiger partial charge in [0.15, 0.2) is 0 Å². The van der Waals surface area contributed by atoms with Gasteiger partial charge in [-0.3, -0.25) is 4.79 Å². The van der Waals surface area contributed by atoms with Gasteiger partial charge in [0.05, 0.1) is 0 Å². The van der Waals surface area contributed by atoms with Crippen molar-refractivity contribution in [3.8, 4) is 0 Å². The lowest BCUT2D eigenvalue weighted by Crippen LogP contribution is -2.26. The molecular formula is C15H14F2N2O. The van der Waals surface area contributed by atoms with Crippen LogP contribution >= 0.6 is 0 Å². The topological polar surface area (TPSA) is 55.1 Å². The molecule has 0 unspecified atom stereocenters. The van der Waals surface area contributed by atoms with Gasteiger partial charge in [-0.15, -0.1) is 0 Å². The first-order valence-electron chi connectivity index (χ1n) is 6.14. The van der Waals surface area contributed by atoms with E-state index in [1.807, 2.05) is 0 Å². The van der Waals surface area contributed by atoms with Gasteiger partial charge in [0, 0.05) is 17.8 Å². The van der Waals surface area contributed by atoms with Crippen molar-refractivity contribution >= 4 is 11.6 Å². The van der Waals surface area contributed by atoms with Crippen molar-refractivity contribution in [1.82, 2.24) is 5.32 Å². The van der Waals surface area contributed by atoms with E-state index in [9.17, 15) is 13.6 Å². The second-order valence-corrected chi connectivity index (χ2v) is 4.37. The predicted molar refractivity (Wildman–Crippen MR) is 73.2 cm³/mol. The molecule has 0 aliphatic heterocycles. The molecule has 0 heterocycles. The van der Waals surface area contributed by atoms with Crippen LogP contribution in [0.1, 0.15) is 15.9 Å². The number of carbonyl (C=O) groups excluding carboxylic acids is 1. The average molecular weight is 276 g/mol. The highest BCUT2D eigenvalue weighted by Gasteiger charge is 2.08. The van der Waals surface area contributed by atoms with E-state index in [1.54, 1.807) is 18.2 Å². The van der Waals surface area contributed by atoms with Crippen molar-refractivity contribution in [2.45, 2.75) is 6.42 Å². The summed E-state index contributed by atoms with van der Waals surface area (Å²) < 4.78 is 26.5. The van der Waals surface area contributed by atoms with Gasteiger partial charge in [-0.05, 0) is 36.2 Å². The summed E-state index contributed by atoms with van der Waals surface area (Å²) in [5, 5.41) is 2.60. The fourth-order valence-electron chi connectivity index (χ4n) is 1.86. The van der Waals surface area contributed by atoms with Gasteiger partial charge in [-0.1, -0.05) is 18.2 Å². The summed E-state index contributed by atoms with van der Waals surface area (Å²) in [5.41, 5.74) is 6.32. The standard InChI is InChI=1S/C15H14F2N2O/c16-12-7-11(8-13(18)9-12)15(20)19-6-5-10-3-1-2-4-14(10)17/h1-4,7-9H,5-6,18H2,(H,19,20). The third-order valence-corrected chi connectivity index (χ3v) is 2.82. The molecule has 2 aromatic carbocycles. The van der Waals surface area contributed by atoms with Gasteiger partial charge >= 0.3 is 0 Å². The Labute approximate surface area is 115 Å². The van der Waals surface area contributed by atoms with E-state index in [-0.39, 0.29) is 23.6 Å². The van der Waals surface area contributed by atoms with E-state index in [4.69, 9.17) is 5.73 Å². The SMILES string of the molecule is Nc1cc(F)cc(C(=O)NCCc2ccccc2F)c1. The monoisotopic (exact) mass is 276 g/mol. The van der Waals surface area contributed by atoms with Gasteiger partial charge in [-0.2, -0.15) is 0 Å². The number of hydrogen-bond donors (Lipinski definition) is 2. The smallest absolute Gasteiger partial charge is 0.251 e. The van der Waals surface area contributed by atoms with E-state index < -0.39 is 11.7 Å². The number of nitrogen functional groups attached to an aromatic ring is 1. The molecule has 104 valence electrons. The molecule has 0 saturated heterocycles. The zero-order valence-corrected chi connectivity index (χ0v) is 10.7. The molecule has 2 aromatic rings. The first-order chi connectivity index (χ1) is 9.56. The predicted octanol–water partition coefficient (Wildman–Crippen LogP) is 2.52. The highest BCUT2D eigenvalue weighted by atomic mass is 19.1. The van der Waals surface area contributed by atoms with E-state index in [2.05, 4.69) is 5.32 Å². The second-order valence-electron chi connectivity index (χ2n) is 4.37. The molecule has 0 fully saturated rings. The number of nitrogens with two attached hydrogens (primary N) is 1. The van der Waals surface area contributed by atoms with Crippen LogP contribution in [0.2, 0.25) is 0 Å². The van der Waals surface area contributed by atoms with Crippen LogP contribution in [0.3, 0.4) is 0 Å². The van der Waals surface area contributed by atoms with Crippen molar-refractivity contribution in [2.24, 2.45) is 0 Å². The molecule has 0 aliphatic carbocycles. The van der Waals surface area contributed by atoms with Gasteiger partial charge in [0.2, 0.25) is 0 Å². The number of hydrogen-bond acceptors (Lipinski definition) is 2. The Morgan fingerprint density at radius 2 is 1.90 bits per heavy atom. The fraction of sp³-hybridized carbons (Fsp3) is 0.133. The lowest BCUT2D eigenvalue weighted by atomic mass is 10.1. The lowest BCUT2D eigenvalue weighted by molar-refractivity contribution is 0.0953. The van der Waals surface area contributed by atoms with E-state index in [1.165, 1.54) is 12.1 Å². The molecule has 2 rings (SSSR count). The molecule has 5 heteroatoms. The fourth-order valence-corrected chi connectivity index (χ4v) is 1.86. The Morgan fingerprint density at radius 1 is 1.15 bits per heavy atom. The van der Waals surface area contributed by atoms with Crippen LogP contribution < -0.4 is 11.1 Å². The minimum atomic E-state index is -0.566. The van der Waals surface area contributed by atoms with E-state index >= 15 is 0 Å². The zero-order valence-electron chi connectivity index (χ0n) is 10.7. The molecule has 0 spiro atoms. The summed E-state index contributed by atoms with van der Waals surface area (Å²) in [7, 11) is 0. The molecule has 0 radical (unpaired) electrons. The number of carbonyl (C=O) groups is 1. The minimum Gasteiger partial charge on any atom is -0.399 e. The maximum absolute atomic E-state index is 13.4. The molecule has 1 amide bonds. The minimum absolute atomic E-state index is 0.149. The van der Waals surface area contributed by atoms with Gasteiger partial charge in [0.1, 0.15) is 11.6 Å². The summed E-state index contributed by atoms with van der Waals surface area (Å²) in [6.07, 6.45) is 0.364. The molecule has 0 aromatic heterocycles. The summed E-state index contributed by atoms with van der Waals surface area (Å²) in [5.74, 6) is -1.31. The molecule has 0 atom stereocenters. The molecule has 0 bridgehead atoms. The number of amides is 1. The maximum atomic E-state index is 13.4. The molecule has 0 aliphatic rings. The first-order valence-corrected chi connectivity index (χ1v) is 6.14. The summed E-state index contributed by atoms with van der Waals surface area (Å²) in [4.78, 5) is 11.8. The van der Waals surface area contributed by atoms with Crippen molar-refractivity contribution in [3.63, 3.8) is 0 Å². The van der Waals surface area contributed by atoms with Gasteiger partial charge in [0.25, 0.3) is 5.91 Å². The van der Waals surface area contributed by atoms with Crippen LogP contribution in [-0.4, -0.2) is 12.5 Å². The maximum Gasteiger partial charge on any atom is 0.251 e. The van der Waals surface area contributed by atoms with Crippen LogP contribution in [0.25, 0.3) is 0 Å². The Morgan fingerprint density at radius 3 is 2.60 bits per heavy atom. The highest BCUT2D eigenvalue weighted by Crippen LogP contribution is 2.11. The van der Waals surface area contributed by atoms with Crippen LogP contribution in [0, 0.1) is 11.6 Å². The zero-order chi connectivity index (χ0) is 14.5. The second kappa shape index (κ2) is 6.14. The van der Waals surface area contributed by atoms with Crippen molar-refractivity contribution in [2.75, 3.05) is 12.3 Å². The van der Waals surface area contributed by atoms with Crippen LogP contribution in [0.15, 0.2) is 42.5 Å². The lowest BCUT2D eigenvalue weighted by Gasteiger charge is -2.07. The quantitative estimate of drug-likeness (QED) is 0.843. The van der Waals surface area contributed by atoms with Crippen molar-refractivity contribution < 1.29 is 13.6 Å². The van der Waals surface area contributed by atoms with E-state index in [0.29, 0.717) is 12.0 Å². The number of anilines is 1. The largest absolute Gasteiger partial charge is 0.399 e. The highest BCUT2D eigenvalue weighted by molar-refractivity contribution is 5.95. The number of nitrogens with one attached hydrogen (secondary N) is 1. The summed E-state index contributed by atoms with van der Waals surface area (Å²) >= 11 is 0. The Hall–Kier alpha value is -2.43. The number of benzene rings is 2. The third kappa shape index (κ3) is 3.54. The molecular weight excluding hydrogens is 262 g/mol. The summed E-state index contributed by atoms with van der Waals surface area (Å²) in [6, 6.07) is 9.99. The van der Waals surface area contributed by atoms with Crippen LogP contribution in [-0.2, 0) is 6.42 Å². The Bertz CT molecular complexity index is 609. The van der Waals surface area contributed by atoms with Crippen molar-refractivity contribution in [3.05, 3.63) is 65.2 Å². The molecule has 3 nitrogen and oxygen atoms in total. The molecule has 3 N–H and O–H groups in total. The molecule has 0 saturated carbocycles. The van der Waals surface area contributed by atoms with Gasteiger partial charge < -0.3 is 11.1 Å². The Balaban J connectivity index is 1.94. The average Bonchev–Trinajstić information content (AvgIpc) is 2.39. The van der Waals surface area contributed by atoms with Crippen LogP contribution in [0.4, 0.5) is 14.5 Å². The van der Waals surface area contributed by atoms with Crippen LogP contribution in [0.5, 0.6) is 0 Å². The third-order valence-electron chi connectivity index (χ3n) is 2.82. The summed E-state index contributed by atoms with van der Waals surface area (Å²) in [6.45, 7) is 0.260. The van der Waals surface area contributed by atoms with Crippen molar-refractivity contribution in [1.29, 1.82) is 0 Å². The number of rotatable bonds is 4.